The molecule has 2 aromatic carbocycles. The number of hydrogen-bond donors (Lipinski definition) is 3. The summed E-state index contributed by atoms with van der Waals surface area (Å²) in [6.07, 6.45) is -3.46. The number of aliphatic hydroxyl groups excluding tert-OH is 1. The third-order valence-corrected chi connectivity index (χ3v) is 7.95. The summed E-state index contributed by atoms with van der Waals surface area (Å²) >= 11 is 0. The molecule has 0 bridgehead atoms. The van der Waals surface area contributed by atoms with Crippen LogP contribution >= 0.6 is 0 Å². The predicted molar refractivity (Wildman–Crippen MR) is 144 cm³/mol. The molecule has 3 heterocycles. The van der Waals surface area contributed by atoms with Gasteiger partial charge in [0.05, 0.1) is 19.3 Å². The van der Waals surface area contributed by atoms with Gasteiger partial charge in [-0.15, -0.1) is 13.2 Å². The second-order valence-electron chi connectivity index (χ2n) is 11.0. The largest absolute Gasteiger partial charge is 0.573 e. The molecule has 6 nitrogen and oxygen atoms in total. The van der Waals surface area contributed by atoms with Crippen LogP contribution in [0.15, 0.2) is 42.5 Å². The maximum atomic E-state index is 14.6. The second kappa shape index (κ2) is 11.7. The van der Waals surface area contributed by atoms with Gasteiger partial charge in [-0.2, -0.15) is 0 Å². The number of likely N-dealkylation sites (tertiary alicyclic amines) is 1. The van der Waals surface area contributed by atoms with Gasteiger partial charge in [-0.1, -0.05) is 24.3 Å². The lowest BCUT2D eigenvalue weighted by Gasteiger charge is -2.42. The fraction of sp³-hybridized carbons (Fsp3) is 0.517. The lowest BCUT2D eigenvalue weighted by Crippen LogP contribution is -2.49. The van der Waals surface area contributed by atoms with Crippen LogP contribution in [0.5, 0.6) is 5.75 Å². The van der Waals surface area contributed by atoms with Gasteiger partial charge >= 0.3 is 6.36 Å². The molecule has 3 aromatic rings. The Labute approximate surface area is 234 Å². The third-order valence-electron chi connectivity index (χ3n) is 7.95. The second-order valence-corrected chi connectivity index (χ2v) is 11.0. The number of aromatic amines is 1. The van der Waals surface area contributed by atoms with E-state index in [1.807, 2.05) is 24.3 Å². The van der Waals surface area contributed by atoms with Crippen molar-refractivity contribution >= 4 is 16.6 Å². The Balaban J connectivity index is 1.55. The number of benzene rings is 2. The lowest BCUT2D eigenvalue weighted by atomic mass is 9.87. The number of halogens is 6. The number of nitrogens with one attached hydrogen (secondary N) is 2. The van der Waals surface area contributed by atoms with E-state index in [4.69, 9.17) is 0 Å². The van der Waals surface area contributed by atoms with Gasteiger partial charge in [-0.05, 0) is 43.9 Å². The molecule has 3 unspecified atom stereocenters. The zero-order valence-electron chi connectivity index (χ0n) is 22.7. The fourth-order valence-electron chi connectivity index (χ4n) is 6.14. The zero-order chi connectivity index (χ0) is 29.4. The van der Waals surface area contributed by atoms with E-state index in [0.717, 1.165) is 29.4 Å². The number of hydrogen-bond acceptors (Lipinski definition) is 5. The molecule has 12 heteroatoms. The van der Waals surface area contributed by atoms with Crippen molar-refractivity contribution < 1.29 is 36.2 Å². The maximum Gasteiger partial charge on any atom is 0.573 e. The van der Waals surface area contributed by atoms with Gasteiger partial charge in [0.2, 0.25) is 0 Å². The van der Waals surface area contributed by atoms with Crippen molar-refractivity contribution in [3.8, 4) is 5.75 Å². The van der Waals surface area contributed by atoms with Crippen LogP contribution in [0, 0.1) is 0 Å². The van der Waals surface area contributed by atoms with Crippen LogP contribution in [0.2, 0.25) is 0 Å². The van der Waals surface area contributed by atoms with Gasteiger partial charge in [0, 0.05) is 65.6 Å². The van der Waals surface area contributed by atoms with Crippen molar-refractivity contribution in [3.05, 3.63) is 59.3 Å². The van der Waals surface area contributed by atoms with Crippen molar-refractivity contribution in [2.45, 2.75) is 56.6 Å². The van der Waals surface area contributed by atoms with Crippen LogP contribution in [0.3, 0.4) is 0 Å². The SMILES string of the molecule is CC1Cc2c([nH]c3ccccc23)C(c2ccc(NC3CCN(CCCF)C3)cc2OC(F)(F)F)N1CC(F)(F)CO. The zero-order valence-corrected chi connectivity index (χ0v) is 22.7. The van der Waals surface area contributed by atoms with Crippen LogP contribution in [-0.4, -0.2) is 83.7 Å². The van der Waals surface area contributed by atoms with Gasteiger partial charge in [0.1, 0.15) is 12.4 Å². The Morgan fingerprint density at radius 1 is 1.12 bits per heavy atom. The van der Waals surface area contributed by atoms with E-state index < -0.39 is 49.9 Å². The minimum Gasteiger partial charge on any atom is -0.405 e. The first-order valence-corrected chi connectivity index (χ1v) is 13.8. The Kier molecular flexibility index (Phi) is 8.45. The van der Waals surface area contributed by atoms with E-state index in [-0.39, 0.29) is 11.6 Å². The number of alkyl halides is 6. The number of nitrogens with zero attached hydrogens (tertiary/aromatic N) is 2. The van der Waals surface area contributed by atoms with Crippen LogP contribution in [0.1, 0.15) is 42.6 Å². The molecule has 3 atom stereocenters. The van der Waals surface area contributed by atoms with E-state index in [9.17, 15) is 31.4 Å². The van der Waals surface area contributed by atoms with E-state index in [2.05, 4.69) is 19.9 Å². The molecule has 1 fully saturated rings. The normalized spacial score (nSPS) is 22.3. The number of rotatable bonds is 10. The average molecular weight is 585 g/mol. The standard InChI is InChI=1S/C29H34F6N4O2/c1-18-13-23-21-5-2-3-6-24(21)37-26(23)27(39(18)16-28(31,32)17-40)22-8-7-19(14-25(22)41-29(33,34)35)36-20-9-12-38(15-20)11-4-10-30/h2-3,5-8,14,18,20,27,36-37,40H,4,9-13,15-17H2,1H3. The summed E-state index contributed by atoms with van der Waals surface area (Å²) in [5.74, 6) is -3.96. The molecule has 0 aliphatic carbocycles. The highest BCUT2D eigenvalue weighted by atomic mass is 19.4. The van der Waals surface area contributed by atoms with Crippen molar-refractivity contribution in [3.63, 3.8) is 0 Å². The van der Waals surface area contributed by atoms with Crippen LogP contribution in [-0.2, 0) is 6.42 Å². The number of anilines is 1. The quantitative estimate of drug-likeness (QED) is 0.260. The minimum atomic E-state index is -5.02. The maximum absolute atomic E-state index is 14.6. The first kappa shape index (κ1) is 29.5. The molecule has 3 N–H and O–H groups in total. The van der Waals surface area contributed by atoms with E-state index in [1.165, 1.54) is 17.0 Å². The summed E-state index contributed by atoms with van der Waals surface area (Å²) in [6, 6.07) is 10.2. The van der Waals surface area contributed by atoms with Crippen LogP contribution < -0.4 is 10.1 Å². The number of aliphatic hydroxyl groups is 1. The molecule has 224 valence electrons. The summed E-state index contributed by atoms with van der Waals surface area (Å²) in [6.45, 7) is 1.08. The molecule has 0 saturated carbocycles. The van der Waals surface area contributed by atoms with Crippen molar-refractivity contribution in [2.75, 3.05) is 44.8 Å². The van der Waals surface area contributed by atoms with Crippen LogP contribution in [0.25, 0.3) is 10.9 Å². The third kappa shape index (κ3) is 6.60. The monoisotopic (exact) mass is 584 g/mol. The summed E-state index contributed by atoms with van der Waals surface area (Å²) in [4.78, 5) is 6.80. The highest BCUT2D eigenvalue weighted by molar-refractivity contribution is 5.85. The summed E-state index contributed by atoms with van der Waals surface area (Å²) in [7, 11) is 0. The smallest absolute Gasteiger partial charge is 0.405 e. The van der Waals surface area contributed by atoms with Gasteiger partial charge in [-0.25, -0.2) is 8.78 Å². The molecule has 2 aliphatic rings. The topological polar surface area (TPSA) is 63.8 Å². The predicted octanol–water partition coefficient (Wildman–Crippen LogP) is 5.88. The first-order valence-electron chi connectivity index (χ1n) is 13.8. The number of H-pyrrole nitrogens is 1. The number of fused-ring (bicyclic) bond motifs is 3. The minimum absolute atomic E-state index is 0.0473. The Morgan fingerprint density at radius 3 is 2.63 bits per heavy atom. The van der Waals surface area contributed by atoms with E-state index >= 15 is 0 Å². The highest BCUT2D eigenvalue weighted by Crippen LogP contribution is 2.46. The fourth-order valence-corrected chi connectivity index (χ4v) is 6.14. The molecular weight excluding hydrogens is 550 g/mol. The summed E-state index contributed by atoms with van der Waals surface area (Å²) < 4.78 is 87.4. The highest BCUT2D eigenvalue weighted by Gasteiger charge is 2.43. The number of para-hydroxylation sites is 1. The lowest BCUT2D eigenvalue weighted by molar-refractivity contribution is -0.275. The Morgan fingerprint density at radius 2 is 1.90 bits per heavy atom. The van der Waals surface area contributed by atoms with Crippen molar-refractivity contribution in [1.82, 2.24) is 14.8 Å². The molecule has 0 spiro atoms. The molecular formula is C29H34F6N4O2. The number of aromatic nitrogens is 1. The molecule has 1 aromatic heterocycles. The van der Waals surface area contributed by atoms with Gasteiger partial charge in [-0.3, -0.25) is 9.29 Å². The first-order chi connectivity index (χ1) is 19.5. The van der Waals surface area contributed by atoms with Crippen LogP contribution in [0.4, 0.5) is 32.0 Å². The van der Waals surface area contributed by atoms with Gasteiger partial charge in [0.15, 0.2) is 0 Å². The molecule has 0 amide bonds. The summed E-state index contributed by atoms with van der Waals surface area (Å²) in [5, 5.41) is 13.5. The van der Waals surface area contributed by atoms with Crippen molar-refractivity contribution in [1.29, 1.82) is 0 Å². The van der Waals surface area contributed by atoms with Crippen molar-refractivity contribution in [2.24, 2.45) is 0 Å². The van der Waals surface area contributed by atoms with Gasteiger partial charge < -0.3 is 25.0 Å². The Bertz CT molecular complexity index is 1350. The average Bonchev–Trinajstić information content (AvgIpc) is 3.51. The molecule has 41 heavy (non-hydrogen) atoms. The molecule has 0 radical (unpaired) electrons. The Hall–Kier alpha value is -2.96. The van der Waals surface area contributed by atoms with Gasteiger partial charge in [0.25, 0.3) is 5.92 Å². The van der Waals surface area contributed by atoms with E-state index in [1.54, 1.807) is 13.0 Å². The molecule has 5 rings (SSSR count). The number of ether oxygens (including phenoxy) is 1. The molecule has 1 saturated heterocycles. The van der Waals surface area contributed by atoms with E-state index in [0.29, 0.717) is 37.3 Å². The summed E-state index contributed by atoms with van der Waals surface area (Å²) in [5.41, 5.74) is 2.60. The molecule has 2 aliphatic heterocycles.